The van der Waals surface area contributed by atoms with Gasteiger partial charge in [0.25, 0.3) is 0 Å². The highest BCUT2D eigenvalue weighted by Crippen LogP contribution is 2.32. The third kappa shape index (κ3) is 3.92. The van der Waals surface area contributed by atoms with E-state index in [1.807, 2.05) is 30.1 Å². The Labute approximate surface area is 205 Å². The number of nitrogens with zero attached hydrogens (tertiary/aromatic N) is 5. The second kappa shape index (κ2) is 9.11. The number of anilines is 1. The Kier molecular flexibility index (Phi) is 5.80. The highest BCUT2D eigenvalue weighted by Gasteiger charge is 2.24. The quantitative estimate of drug-likeness (QED) is 0.422. The highest BCUT2D eigenvalue weighted by molar-refractivity contribution is 6.04. The molecule has 0 unspecified atom stereocenters. The normalized spacial score (nSPS) is 19.6. The van der Waals surface area contributed by atoms with Crippen LogP contribution >= 0.6 is 0 Å². The number of aromatic nitrogens is 4. The number of imidazole rings is 1. The summed E-state index contributed by atoms with van der Waals surface area (Å²) in [7, 11) is 1.83. The highest BCUT2D eigenvalue weighted by atomic mass is 16.5. The average molecular weight is 472 g/mol. The van der Waals surface area contributed by atoms with Crippen LogP contribution in [-0.4, -0.2) is 45.4 Å². The minimum Gasteiger partial charge on any atom is -0.379 e. The summed E-state index contributed by atoms with van der Waals surface area (Å²) in [4.78, 5) is 25.1. The summed E-state index contributed by atoms with van der Waals surface area (Å²) in [6.07, 6.45) is 9.48. The first-order valence-corrected chi connectivity index (χ1v) is 12.9. The lowest BCUT2D eigenvalue weighted by molar-refractivity contribution is 0.0593. The van der Waals surface area contributed by atoms with E-state index in [1.54, 1.807) is 4.57 Å². The van der Waals surface area contributed by atoms with Crippen molar-refractivity contribution in [2.45, 2.75) is 45.1 Å². The number of benzene rings is 1. The van der Waals surface area contributed by atoms with Crippen molar-refractivity contribution in [1.82, 2.24) is 19.1 Å². The number of rotatable bonds is 4. The summed E-state index contributed by atoms with van der Waals surface area (Å²) in [6, 6.07) is 10.7. The lowest BCUT2D eigenvalue weighted by atomic mass is 9.94. The number of ether oxygens (including phenoxy) is 1. The first-order valence-electron chi connectivity index (χ1n) is 12.9. The zero-order chi connectivity index (χ0) is 23.9. The summed E-state index contributed by atoms with van der Waals surface area (Å²) in [5.74, 6) is 1.91. The molecule has 0 spiro atoms. The van der Waals surface area contributed by atoms with Crippen LogP contribution in [0.1, 0.15) is 45.1 Å². The van der Waals surface area contributed by atoms with Gasteiger partial charge in [-0.1, -0.05) is 19.4 Å². The maximum absolute atomic E-state index is 13.2. The fourth-order valence-corrected chi connectivity index (χ4v) is 5.79. The molecule has 2 aliphatic rings. The Morgan fingerprint density at radius 1 is 1.03 bits per heavy atom. The zero-order valence-electron chi connectivity index (χ0n) is 20.6. The summed E-state index contributed by atoms with van der Waals surface area (Å²) < 4.78 is 9.37. The van der Waals surface area contributed by atoms with Crippen LogP contribution in [0, 0.1) is 5.92 Å². The van der Waals surface area contributed by atoms with E-state index in [2.05, 4.69) is 41.1 Å². The van der Waals surface area contributed by atoms with Gasteiger partial charge in [-0.05, 0) is 61.4 Å². The molecular formula is C28H33N5O2. The molecule has 182 valence electrons. The Hall–Kier alpha value is -3.19. The van der Waals surface area contributed by atoms with Crippen LogP contribution in [0.15, 0.2) is 47.5 Å². The van der Waals surface area contributed by atoms with E-state index < -0.39 is 0 Å². The monoisotopic (exact) mass is 471 g/mol. The molecule has 35 heavy (non-hydrogen) atoms. The third-order valence-corrected chi connectivity index (χ3v) is 8.01. The van der Waals surface area contributed by atoms with Crippen molar-refractivity contribution in [3.8, 4) is 11.1 Å². The fraction of sp³-hybridized carbons (Fsp3) is 0.464. The Balaban J connectivity index is 1.39. The third-order valence-electron chi connectivity index (χ3n) is 8.01. The van der Waals surface area contributed by atoms with Gasteiger partial charge in [0.2, 0.25) is 0 Å². The van der Waals surface area contributed by atoms with Crippen LogP contribution < -0.4 is 10.6 Å². The van der Waals surface area contributed by atoms with E-state index in [9.17, 15) is 4.79 Å². The van der Waals surface area contributed by atoms with E-state index in [0.717, 1.165) is 77.3 Å². The minimum atomic E-state index is -0.00642. The maximum atomic E-state index is 13.2. The van der Waals surface area contributed by atoms with Gasteiger partial charge in [0, 0.05) is 43.9 Å². The number of hydrogen-bond donors (Lipinski definition) is 0. The van der Waals surface area contributed by atoms with Crippen molar-refractivity contribution >= 4 is 27.8 Å². The predicted octanol–water partition coefficient (Wildman–Crippen LogP) is 4.93. The summed E-state index contributed by atoms with van der Waals surface area (Å²) in [5, 5.41) is 0.994. The number of piperidine rings is 1. The molecule has 7 nitrogen and oxygen atoms in total. The van der Waals surface area contributed by atoms with Crippen LogP contribution in [0.3, 0.4) is 0 Å². The Morgan fingerprint density at radius 3 is 2.57 bits per heavy atom. The molecule has 6 rings (SSSR count). The summed E-state index contributed by atoms with van der Waals surface area (Å²) in [5.41, 5.74) is 4.84. The van der Waals surface area contributed by atoms with E-state index in [1.165, 1.54) is 19.3 Å². The molecule has 1 atom stereocenters. The molecular weight excluding hydrogens is 438 g/mol. The molecule has 0 N–H and O–H groups in total. The van der Waals surface area contributed by atoms with Gasteiger partial charge >= 0.3 is 5.69 Å². The van der Waals surface area contributed by atoms with Crippen molar-refractivity contribution in [1.29, 1.82) is 0 Å². The second-order valence-corrected chi connectivity index (χ2v) is 10.1. The van der Waals surface area contributed by atoms with Crippen LogP contribution in [0.4, 0.5) is 5.82 Å². The topological polar surface area (TPSA) is 65.2 Å². The van der Waals surface area contributed by atoms with Crippen molar-refractivity contribution in [3.63, 3.8) is 0 Å². The molecule has 7 heteroatoms. The molecule has 0 amide bonds. The van der Waals surface area contributed by atoms with Crippen LogP contribution in [0.2, 0.25) is 0 Å². The molecule has 0 aliphatic carbocycles. The molecule has 2 fully saturated rings. The van der Waals surface area contributed by atoms with Crippen molar-refractivity contribution in [2.75, 3.05) is 31.2 Å². The summed E-state index contributed by atoms with van der Waals surface area (Å²) in [6.45, 7) is 5.80. The second-order valence-electron chi connectivity index (χ2n) is 10.1. The Morgan fingerprint density at radius 2 is 1.86 bits per heavy atom. The van der Waals surface area contributed by atoms with E-state index in [0.29, 0.717) is 6.61 Å². The van der Waals surface area contributed by atoms with E-state index >= 15 is 0 Å². The van der Waals surface area contributed by atoms with Gasteiger partial charge in [0.1, 0.15) is 5.82 Å². The van der Waals surface area contributed by atoms with Gasteiger partial charge in [-0.3, -0.25) is 14.1 Å². The van der Waals surface area contributed by atoms with Gasteiger partial charge in [0.15, 0.2) is 0 Å². The van der Waals surface area contributed by atoms with Crippen molar-refractivity contribution in [3.05, 3.63) is 53.2 Å². The average Bonchev–Trinajstić information content (AvgIpc) is 3.19. The van der Waals surface area contributed by atoms with E-state index in [-0.39, 0.29) is 11.7 Å². The molecule has 2 aliphatic heterocycles. The first kappa shape index (κ1) is 22.3. The molecule has 3 aromatic heterocycles. The SMILES string of the molecule is CCC1CCN(c2ccc(-c3ccc4ncc5c(c4c3)n([C@@H]3CCCOC3)c(=O)n5C)cn2)CC1. The smallest absolute Gasteiger partial charge is 0.329 e. The lowest BCUT2D eigenvalue weighted by Crippen LogP contribution is -2.33. The number of hydrogen-bond acceptors (Lipinski definition) is 5. The molecule has 5 heterocycles. The zero-order valence-corrected chi connectivity index (χ0v) is 20.6. The van der Waals surface area contributed by atoms with Gasteiger partial charge < -0.3 is 9.64 Å². The maximum Gasteiger partial charge on any atom is 0.329 e. The van der Waals surface area contributed by atoms with Gasteiger partial charge in [-0.2, -0.15) is 0 Å². The lowest BCUT2D eigenvalue weighted by Gasteiger charge is -2.32. The van der Waals surface area contributed by atoms with Gasteiger partial charge in [-0.15, -0.1) is 0 Å². The number of fused-ring (bicyclic) bond motifs is 3. The largest absolute Gasteiger partial charge is 0.379 e. The molecule has 0 radical (unpaired) electrons. The van der Waals surface area contributed by atoms with Crippen LogP contribution in [0.25, 0.3) is 33.1 Å². The van der Waals surface area contributed by atoms with Gasteiger partial charge in [0.05, 0.1) is 35.4 Å². The Bertz CT molecular complexity index is 1410. The predicted molar refractivity (Wildman–Crippen MR) is 140 cm³/mol. The molecule has 0 bridgehead atoms. The minimum absolute atomic E-state index is 0.00642. The molecule has 2 saturated heterocycles. The van der Waals surface area contributed by atoms with E-state index in [4.69, 9.17) is 9.72 Å². The summed E-state index contributed by atoms with van der Waals surface area (Å²) >= 11 is 0. The number of aryl methyl sites for hydroxylation is 1. The first-order chi connectivity index (χ1) is 17.1. The number of pyridine rings is 2. The van der Waals surface area contributed by atoms with Crippen molar-refractivity contribution in [2.24, 2.45) is 13.0 Å². The van der Waals surface area contributed by atoms with Crippen LogP contribution in [0.5, 0.6) is 0 Å². The molecule has 0 saturated carbocycles. The van der Waals surface area contributed by atoms with Crippen LogP contribution in [-0.2, 0) is 11.8 Å². The fourth-order valence-electron chi connectivity index (χ4n) is 5.79. The molecule has 1 aromatic carbocycles. The molecule has 4 aromatic rings. The standard InChI is InChI=1S/C28H33N5O2/c1-3-19-10-12-32(13-11-19)26-9-7-21(16-30-26)20-6-8-24-23(15-20)27-25(17-29-24)31(2)28(34)33(27)22-5-4-14-35-18-22/h6-9,15-17,19,22H,3-5,10-14,18H2,1-2H3/t22-/m1/s1. The van der Waals surface area contributed by atoms with Gasteiger partial charge in [-0.25, -0.2) is 9.78 Å². The van der Waals surface area contributed by atoms with Crippen molar-refractivity contribution < 1.29 is 4.74 Å².